The maximum absolute atomic E-state index is 11.2. The third-order valence-corrected chi connectivity index (χ3v) is 4.11. The molecule has 1 aliphatic rings. The van der Waals surface area contributed by atoms with Crippen molar-refractivity contribution in [1.29, 1.82) is 0 Å². The van der Waals surface area contributed by atoms with Gasteiger partial charge in [-0.25, -0.2) is 4.98 Å². The van der Waals surface area contributed by atoms with Crippen LogP contribution in [0, 0.1) is 0 Å². The van der Waals surface area contributed by atoms with Crippen LogP contribution >= 0.6 is 0 Å². The van der Waals surface area contributed by atoms with Crippen molar-refractivity contribution in [3.05, 3.63) is 48.2 Å². The molecule has 118 valence electrons. The molecular formula is C17H18N4O2. The van der Waals surface area contributed by atoms with Crippen LogP contribution in [0.3, 0.4) is 0 Å². The lowest BCUT2D eigenvalue weighted by molar-refractivity contribution is -0.114. The minimum absolute atomic E-state index is 0.0713. The minimum Gasteiger partial charge on any atom is -0.468 e. The molecule has 23 heavy (non-hydrogen) atoms. The van der Waals surface area contributed by atoms with Gasteiger partial charge in [0.05, 0.1) is 30.4 Å². The van der Waals surface area contributed by atoms with E-state index in [4.69, 9.17) is 9.40 Å². The molecule has 3 aromatic rings. The van der Waals surface area contributed by atoms with Gasteiger partial charge in [0.1, 0.15) is 11.6 Å². The molecule has 6 heteroatoms. The van der Waals surface area contributed by atoms with Gasteiger partial charge in [-0.05, 0) is 30.3 Å². The first-order valence-electron chi connectivity index (χ1n) is 7.70. The minimum atomic E-state index is -0.0713. The SMILES string of the molecule is CC(=O)Nc1ccc2c(c1)nc1n2CCN(Cc2ccco2)C1. The monoisotopic (exact) mass is 310 g/mol. The summed E-state index contributed by atoms with van der Waals surface area (Å²) in [5.74, 6) is 1.96. The number of furan rings is 1. The van der Waals surface area contributed by atoms with Crippen molar-refractivity contribution in [2.75, 3.05) is 11.9 Å². The van der Waals surface area contributed by atoms with Crippen LogP contribution in [0.1, 0.15) is 18.5 Å². The smallest absolute Gasteiger partial charge is 0.221 e. The lowest BCUT2D eigenvalue weighted by Gasteiger charge is -2.26. The van der Waals surface area contributed by atoms with E-state index >= 15 is 0 Å². The summed E-state index contributed by atoms with van der Waals surface area (Å²) in [6.07, 6.45) is 1.71. The largest absolute Gasteiger partial charge is 0.468 e. The predicted octanol–water partition coefficient (Wildman–Crippen LogP) is 2.60. The molecule has 1 aromatic carbocycles. The van der Waals surface area contributed by atoms with Crippen molar-refractivity contribution < 1.29 is 9.21 Å². The topological polar surface area (TPSA) is 63.3 Å². The Morgan fingerprint density at radius 3 is 3.04 bits per heavy atom. The summed E-state index contributed by atoms with van der Waals surface area (Å²) in [5, 5.41) is 2.80. The van der Waals surface area contributed by atoms with E-state index in [2.05, 4.69) is 14.8 Å². The summed E-state index contributed by atoms with van der Waals surface area (Å²) >= 11 is 0. The number of hydrogen-bond acceptors (Lipinski definition) is 4. The van der Waals surface area contributed by atoms with Crippen LogP contribution in [0.2, 0.25) is 0 Å². The Labute approximate surface area is 133 Å². The predicted molar refractivity (Wildman–Crippen MR) is 86.9 cm³/mol. The zero-order chi connectivity index (χ0) is 15.8. The van der Waals surface area contributed by atoms with E-state index in [9.17, 15) is 4.79 Å². The number of imidazole rings is 1. The van der Waals surface area contributed by atoms with E-state index in [0.29, 0.717) is 0 Å². The molecule has 4 rings (SSSR count). The molecule has 3 heterocycles. The molecule has 0 unspecified atom stereocenters. The fourth-order valence-electron chi connectivity index (χ4n) is 3.11. The second kappa shape index (κ2) is 5.55. The number of nitrogens with zero attached hydrogens (tertiary/aromatic N) is 3. The molecule has 1 aliphatic heterocycles. The molecule has 0 saturated carbocycles. The van der Waals surface area contributed by atoms with Crippen molar-refractivity contribution in [2.45, 2.75) is 26.6 Å². The molecular weight excluding hydrogens is 292 g/mol. The standard InChI is InChI=1S/C17H18N4O2/c1-12(22)18-13-4-5-16-15(9-13)19-17-11-20(6-7-21(16)17)10-14-3-2-8-23-14/h2-5,8-9H,6-7,10-11H2,1H3,(H,18,22). The van der Waals surface area contributed by atoms with Crippen molar-refractivity contribution in [2.24, 2.45) is 0 Å². The van der Waals surface area contributed by atoms with Crippen LogP contribution in [0.15, 0.2) is 41.0 Å². The molecule has 0 saturated heterocycles. The third kappa shape index (κ3) is 2.73. The Morgan fingerprint density at radius 1 is 1.35 bits per heavy atom. The van der Waals surface area contributed by atoms with Gasteiger partial charge in [-0.2, -0.15) is 0 Å². The number of anilines is 1. The Morgan fingerprint density at radius 2 is 2.26 bits per heavy atom. The highest BCUT2D eigenvalue weighted by Crippen LogP contribution is 2.24. The molecule has 6 nitrogen and oxygen atoms in total. The van der Waals surface area contributed by atoms with Gasteiger partial charge in [0.15, 0.2) is 0 Å². The number of carbonyl (C=O) groups excluding carboxylic acids is 1. The fourth-order valence-corrected chi connectivity index (χ4v) is 3.11. The molecule has 0 fully saturated rings. The summed E-state index contributed by atoms with van der Waals surface area (Å²) < 4.78 is 7.68. The second-order valence-corrected chi connectivity index (χ2v) is 5.85. The molecule has 0 radical (unpaired) electrons. The van der Waals surface area contributed by atoms with Crippen molar-refractivity contribution >= 4 is 22.6 Å². The lowest BCUT2D eigenvalue weighted by atomic mass is 10.2. The highest BCUT2D eigenvalue weighted by Gasteiger charge is 2.20. The highest BCUT2D eigenvalue weighted by atomic mass is 16.3. The molecule has 0 bridgehead atoms. The zero-order valence-corrected chi connectivity index (χ0v) is 13.0. The Bertz CT molecular complexity index is 851. The average molecular weight is 310 g/mol. The molecule has 1 N–H and O–H groups in total. The lowest BCUT2D eigenvalue weighted by Crippen LogP contribution is -2.33. The van der Waals surface area contributed by atoms with E-state index in [0.717, 1.165) is 54.5 Å². The maximum Gasteiger partial charge on any atom is 0.221 e. The first-order chi connectivity index (χ1) is 11.2. The summed E-state index contributed by atoms with van der Waals surface area (Å²) in [6.45, 7) is 4.98. The van der Waals surface area contributed by atoms with Gasteiger partial charge < -0.3 is 14.3 Å². The van der Waals surface area contributed by atoms with E-state index in [-0.39, 0.29) is 5.91 Å². The van der Waals surface area contributed by atoms with Crippen molar-refractivity contribution in [3.63, 3.8) is 0 Å². The third-order valence-electron chi connectivity index (χ3n) is 4.11. The number of hydrogen-bond donors (Lipinski definition) is 1. The average Bonchev–Trinajstić information content (AvgIpc) is 3.12. The van der Waals surface area contributed by atoms with Gasteiger partial charge in [-0.15, -0.1) is 0 Å². The summed E-state index contributed by atoms with van der Waals surface area (Å²) in [5.41, 5.74) is 2.82. The summed E-state index contributed by atoms with van der Waals surface area (Å²) in [6, 6.07) is 9.79. The fraction of sp³-hybridized carbons (Fsp3) is 0.294. The Hall–Kier alpha value is -2.60. The number of aromatic nitrogens is 2. The molecule has 0 atom stereocenters. The Balaban J connectivity index is 1.60. The summed E-state index contributed by atoms with van der Waals surface area (Å²) in [4.78, 5) is 18.3. The van der Waals surface area contributed by atoms with Gasteiger partial charge in [0, 0.05) is 25.7 Å². The number of nitrogens with one attached hydrogen (secondary N) is 1. The van der Waals surface area contributed by atoms with E-state index in [1.807, 2.05) is 30.3 Å². The normalized spacial score (nSPS) is 14.8. The highest BCUT2D eigenvalue weighted by molar-refractivity contribution is 5.91. The van der Waals surface area contributed by atoms with Crippen LogP contribution in [0.25, 0.3) is 11.0 Å². The van der Waals surface area contributed by atoms with Crippen LogP contribution < -0.4 is 5.32 Å². The number of benzene rings is 1. The van der Waals surface area contributed by atoms with Crippen molar-refractivity contribution in [1.82, 2.24) is 14.5 Å². The zero-order valence-electron chi connectivity index (χ0n) is 13.0. The molecule has 1 amide bonds. The van der Waals surface area contributed by atoms with Crippen LogP contribution in [-0.4, -0.2) is 26.9 Å². The van der Waals surface area contributed by atoms with Crippen LogP contribution in [0.4, 0.5) is 5.69 Å². The Kier molecular flexibility index (Phi) is 3.38. The number of amides is 1. The molecule has 0 spiro atoms. The van der Waals surface area contributed by atoms with E-state index < -0.39 is 0 Å². The number of fused-ring (bicyclic) bond motifs is 3. The quantitative estimate of drug-likeness (QED) is 0.807. The first kappa shape index (κ1) is 14.0. The van der Waals surface area contributed by atoms with Crippen LogP contribution in [-0.2, 0) is 24.4 Å². The second-order valence-electron chi connectivity index (χ2n) is 5.85. The molecule has 2 aromatic heterocycles. The van der Waals surface area contributed by atoms with Gasteiger partial charge in [0.25, 0.3) is 0 Å². The summed E-state index contributed by atoms with van der Waals surface area (Å²) in [7, 11) is 0. The number of carbonyl (C=O) groups is 1. The van der Waals surface area contributed by atoms with E-state index in [1.165, 1.54) is 6.92 Å². The van der Waals surface area contributed by atoms with Gasteiger partial charge in [0.2, 0.25) is 5.91 Å². The van der Waals surface area contributed by atoms with Gasteiger partial charge >= 0.3 is 0 Å². The van der Waals surface area contributed by atoms with Gasteiger partial charge in [-0.1, -0.05) is 0 Å². The van der Waals surface area contributed by atoms with E-state index in [1.54, 1.807) is 6.26 Å². The molecule has 0 aliphatic carbocycles. The van der Waals surface area contributed by atoms with Crippen LogP contribution in [0.5, 0.6) is 0 Å². The van der Waals surface area contributed by atoms with Crippen molar-refractivity contribution in [3.8, 4) is 0 Å². The number of rotatable bonds is 3. The van der Waals surface area contributed by atoms with Gasteiger partial charge in [-0.3, -0.25) is 9.69 Å². The first-order valence-corrected chi connectivity index (χ1v) is 7.70. The maximum atomic E-state index is 11.2.